The van der Waals surface area contributed by atoms with Crippen LogP contribution >= 0.6 is 11.6 Å². The molecule has 0 atom stereocenters. The van der Waals surface area contributed by atoms with Gasteiger partial charge in [0.1, 0.15) is 17.3 Å². The Kier molecular flexibility index (Phi) is 6.70. The first-order valence-electron chi connectivity index (χ1n) is 7.51. The fraction of sp³-hybridized carbons (Fsp3) is 0.176. The van der Waals surface area contributed by atoms with Gasteiger partial charge in [-0.3, -0.25) is 9.59 Å². The Morgan fingerprint density at radius 2 is 1.58 bits per heavy atom. The van der Waals surface area contributed by atoms with Crippen molar-refractivity contribution in [3.05, 3.63) is 64.9 Å². The van der Waals surface area contributed by atoms with Crippen molar-refractivity contribution in [3.8, 4) is 0 Å². The van der Waals surface area contributed by atoms with Crippen LogP contribution in [0.3, 0.4) is 0 Å². The summed E-state index contributed by atoms with van der Waals surface area (Å²) >= 11 is 5.95. The smallest absolute Gasteiger partial charge is 0.239 e. The van der Waals surface area contributed by atoms with E-state index in [9.17, 15) is 22.4 Å². The lowest BCUT2D eigenvalue weighted by Crippen LogP contribution is -2.33. The van der Waals surface area contributed by atoms with Crippen LogP contribution in [0.15, 0.2) is 48.5 Å². The summed E-state index contributed by atoms with van der Waals surface area (Å²) in [6, 6.07) is 11.7. The molecule has 0 bridgehead atoms. The van der Waals surface area contributed by atoms with Gasteiger partial charge in [-0.1, -0.05) is 29.8 Å². The molecule has 2 N–H and O–H groups in total. The summed E-state index contributed by atoms with van der Waals surface area (Å²) in [7, 11) is -3.95. The van der Waals surface area contributed by atoms with Gasteiger partial charge in [-0.05, 0) is 35.9 Å². The lowest BCUT2D eigenvalue weighted by molar-refractivity contribution is -0.118. The standard InChI is InChI=1S/C17H16ClFN2O4S/c18-15-4-2-1-3-12(15)9-20-16(22)10-26(24,25)11-17(23)21-14-7-5-13(19)6-8-14/h1-8H,9-11H2,(H,20,22)(H,21,23). The highest BCUT2D eigenvalue weighted by Crippen LogP contribution is 2.14. The number of carbonyl (C=O) groups excluding carboxylic acids is 2. The second kappa shape index (κ2) is 8.77. The molecule has 0 aromatic heterocycles. The molecule has 2 amide bonds. The van der Waals surface area contributed by atoms with Gasteiger partial charge < -0.3 is 10.6 Å². The van der Waals surface area contributed by atoms with E-state index in [0.717, 1.165) is 12.1 Å². The maximum absolute atomic E-state index is 12.8. The van der Waals surface area contributed by atoms with Crippen LogP contribution in [0, 0.1) is 5.82 Å². The summed E-state index contributed by atoms with van der Waals surface area (Å²) in [6.07, 6.45) is 0. The molecule has 0 fully saturated rings. The zero-order valence-electron chi connectivity index (χ0n) is 13.5. The molecule has 9 heteroatoms. The van der Waals surface area contributed by atoms with Crippen molar-refractivity contribution < 1.29 is 22.4 Å². The molecule has 0 heterocycles. The number of amides is 2. The predicted octanol–water partition coefficient (Wildman–Crippen LogP) is 2.15. The van der Waals surface area contributed by atoms with Gasteiger partial charge in [-0.2, -0.15) is 0 Å². The molecule has 0 aliphatic heterocycles. The van der Waals surface area contributed by atoms with E-state index in [1.807, 2.05) is 0 Å². The fourth-order valence-corrected chi connectivity index (χ4v) is 3.35. The summed E-state index contributed by atoms with van der Waals surface area (Å²) in [5.41, 5.74) is 0.906. The van der Waals surface area contributed by atoms with Gasteiger partial charge in [0.25, 0.3) is 0 Å². The summed E-state index contributed by atoms with van der Waals surface area (Å²) in [5, 5.41) is 5.23. The van der Waals surface area contributed by atoms with Gasteiger partial charge in [-0.15, -0.1) is 0 Å². The van der Waals surface area contributed by atoms with E-state index in [0.29, 0.717) is 10.6 Å². The van der Waals surface area contributed by atoms with E-state index in [-0.39, 0.29) is 12.2 Å². The molecule has 2 aromatic rings. The van der Waals surface area contributed by atoms with Crippen LogP contribution in [0.5, 0.6) is 0 Å². The third-order valence-electron chi connectivity index (χ3n) is 3.26. The van der Waals surface area contributed by atoms with Crippen LogP contribution in [-0.4, -0.2) is 31.7 Å². The number of hydrogen-bond acceptors (Lipinski definition) is 4. The van der Waals surface area contributed by atoms with Crippen LogP contribution in [0.1, 0.15) is 5.56 Å². The molecule has 138 valence electrons. The zero-order chi connectivity index (χ0) is 19.2. The van der Waals surface area contributed by atoms with Gasteiger partial charge in [0.05, 0.1) is 0 Å². The highest BCUT2D eigenvalue weighted by atomic mass is 35.5. The van der Waals surface area contributed by atoms with Gasteiger partial charge in [-0.25, -0.2) is 12.8 Å². The summed E-state index contributed by atoms with van der Waals surface area (Å²) < 4.78 is 36.7. The summed E-state index contributed by atoms with van der Waals surface area (Å²) in [4.78, 5) is 23.6. The maximum Gasteiger partial charge on any atom is 0.239 e. The van der Waals surface area contributed by atoms with Crippen molar-refractivity contribution in [2.75, 3.05) is 16.8 Å². The third kappa shape index (κ3) is 6.45. The molecule has 6 nitrogen and oxygen atoms in total. The molecule has 0 aliphatic carbocycles. The molecule has 0 radical (unpaired) electrons. The summed E-state index contributed by atoms with van der Waals surface area (Å²) in [6.45, 7) is 0.0792. The molecule has 0 aliphatic rings. The lowest BCUT2D eigenvalue weighted by Gasteiger charge is -2.08. The number of carbonyl (C=O) groups is 2. The molecule has 0 spiro atoms. The Hall–Kier alpha value is -2.45. The monoisotopic (exact) mass is 398 g/mol. The molecule has 0 saturated heterocycles. The van der Waals surface area contributed by atoms with Crippen molar-refractivity contribution >= 4 is 38.9 Å². The zero-order valence-corrected chi connectivity index (χ0v) is 15.1. The van der Waals surface area contributed by atoms with Crippen molar-refractivity contribution in [3.63, 3.8) is 0 Å². The molecular weight excluding hydrogens is 383 g/mol. The molecule has 2 rings (SSSR count). The van der Waals surface area contributed by atoms with E-state index < -0.39 is 39.0 Å². The van der Waals surface area contributed by atoms with Crippen LogP contribution in [0.25, 0.3) is 0 Å². The number of hydrogen-bond donors (Lipinski definition) is 2. The lowest BCUT2D eigenvalue weighted by atomic mass is 10.2. The van der Waals surface area contributed by atoms with E-state index in [2.05, 4.69) is 10.6 Å². The number of anilines is 1. The quantitative estimate of drug-likeness (QED) is 0.747. The molecule has 0 unspecified atom stereocenters. The van der Waals surface area contributed by atoms with Crippen LogP contribution in [0.2, 0.25) is 5.02 Å². The van der Waals surface area contributed by atoms with E-state index in [4.69, 9.17) is 11.6 Å². The molecule has 0 saturated carbocycles. The number of sulfone groups is 1. The average Bonchev–Trinajstić information content (AvgIpc) is 2.55. The number of rotatable bonds is 7. The van der Waals surface area contributed by atoms with Crippen molar-refractivity contribution in [2.24, 2.45) is 0 Å². The third-order valence-corrected chi connectivity index (χ3v) is 5.04. The van der Waals surface area contributed by atoms with Crippen LogP contribution < -0.4 is 10.6 Å². The maximum atomic E-state index is 12.8. The van der Waals surface area contributed by atoms with Crippen LogP contribution in [0.4, 0.5) is 10.1 Å². The van der Waals surface area contributed by atoms with Crippen molar-refractivity contribution in [1.29, 1.82) is 0 Å². The Bertz CT molecular complexity index is 901. The second-order valence-electron chi connectivity index (χ2n) is 5.46. The normalized spacial score (nSPS) is 11.0. The minimum atomic E-state index is -3.95. The average molecular weight is 399 g/mol. The highest BCUT2D eigenvalue weighted by Gasteiger charge is 2.21. The number of nitrogens with one attached hydrogen (secondary N) is 2. The van der Waals surface area contributed by atoms with Crippen LogP contribution in [-0.2, 0) is 26.0 Å². The first-order chi connectivity index (χ1) is 12.2. The number of benzene rings is 2. The number of halogens is 2. The SMILES string of the molecule is O=C(CS(=O)(=O)CC(=O)Nc1ccc(F)cc1)NCc1ccccc1Cl. The van der Waals surface area contributed by atoms with E-state index >= 15 is 0 Å². The predicted molar refractivity (Wildman–Crippen MR) is 97.0 cm³/mol. The van der Waals surface area contributed by atoms with Gasteiger partial charge >= 0.3 is 0 Å². The molecular formula is C17H16ClFN2O4S. The molecule has 2 aromatic carbocycles. The van der Waals surface area contributed by atoms with E-state index in [1.165, 1.54) is 12.1 Å². The Morgan fingerprint density at radius 1 is 0.962 bits per heavy atom. The Morgan fingerprint density at radius 3 is 2.23 bits per heavy atom. The second-order valence-corrected chi connectivity index (χ2v) is 7.93. The minimum absolute atomic E-state index is 0.0792. The molecule has 26 heavy (non-hydrogen) atoms. The minimum Gasteiger partial charge on any atom is -0.351 e. The van der Waals surface area contributed by atoms with E-state index in [1.54, 1.807) is 24.3 Å². The fourth-order valence-electron chi connectivity index (χ4n) is 2.07. The first kappa shape index (κ1) is 19.9. The largest absolute Gasteiger partial charge is 0.351 e. The summed E-state index contributed by atoms with van der Waals surface area (Å²) in [5.74, 6) is -3.71. The topological polar surface area (TPSA) is 92.3 Å². The van der Waals surface area contributed by atoms with Gasteiger partial charge in [0.15, 0.2) is 9.84 Å². The Balaban J connectivity index is 1.85. The highest BCUT2D eigenvalue weighted by molar-refractivity contribution is 7.92. The van der Waals surface area contributed by atoms with Crippen molar-refractivity contribution in [1.82, 2.24) is 5.32 Å². The Labute approximate surface area is 155 Å². The van der Waals surface area contributed by atoms with Gasteiger partial charge in [0, 0.05) is 17.3 Å². The van der Waals surface area contributed by atoms with Gasteiger partial charge in [0.2, 0.25) is 11.8 Å². The first-order valence-corrected chi connectivity index (χ1v) is 9.71. The van der Waals surface area contributed by atoms with Crippen molar-refractivity contribution in [2.45, 2.75) is 6.54 Å².